The molecule has 1 atom stereocenters. The van der Waals surface area contributed by atoms with Gasteiger partial charge < -0.3 is 4.57 Å². The standard InChI is InChI=1S/C24H27ClN4OS/c1-18(23(30)20-10-12-21(25)13-11-20)31-24-27-26-22(17-28-14-6-3-7-15-28)29(24)16-19-8-4-2-5-9-19/h2,4-5,8-13,18H,3,6-7,14-17H2,1H3. The fourth-order valence-corrected chi connectivity index (χ4v) is 4.90. The molecule has 1 saturated heterocycles. The van der Waals surface area contributed by atoms with Crippen molar-refractivity contribution in [2.24, 2.45) is 0 Å². The molecule has 31 heavy (non-hydrogen) atoms. The van der Waals surface area contributed by atoms with Gasteiger partial charge in [0.05, 0.1) is 18.3 Å². The largest absolute Gasteiger partial charge is 0.300 e. The van der Waals surface area contributed by atoms with Crippen LogP contribution in [0, 0.1) is 0 Å². The first-order valence-electron chi connectivity index (χ1n) is 10.7. The topological polar surface area (TPSA) is 51.0 Å². The van der Waals surface area contributed by atoms with E-state index in [0.717, 1.165) is 30.6 Å². The Kier molecular flexibility index (Phi) is 7.43. The maximum atomic E-state index is 12.9. The van der Waals surface area contributed by atoms with E-state index in [2.05, 4.69) is 31.8 Å². The summed E-state index contributed by atoms with van der Waals surface area (Å²) in [4.78, 5) is 15.4. The van der Waals surface area contributed by atoms with Crippen LogP contribution in [0.25, 0.3) is 0 Å². The first kappa shape index (κ1) is 22.1. The SMILES string of the molecule is CC(Sc1nnc(CN2CCCCC2)n1Cc1ccccc1)C(=O)c1ccc(Cl)cc1. The van der Waals surface area contributed by atoms with Crippen LogP contribution < -0.4 is 0 Å². The van der Waals surface area contributed by atoms with Crippen LogP contribution in [0.3, 0.4) is 0 Å². The number of hydrogen-bond acceptors (Lipinski definition) is 5. The Balaban J connectivity index is 1.55. The van der Waals surface area contributed by atoms with Crippen molar-refractivity contribution < 1.29 is 4.79 Å². The van der Waals surface area contributed by atoms with E-state index in [1.54, 1.807) is 24.3 Å². The summed E-state index contributed by atoms with van der Waals surface area (Å²) in [6.45, 7) is 5.62. The van der Waals surface area contributed by atoms with E-state index in [0.29, 0.717) is 17.1 Å². The Bertz CT molecular complexity index is 1000. The highest BCUT2D eigenvalue weighted by molar-refractivity contribution is 8.00. The van der Waals surface area contributed by atoms with E-state index in [1.165, 1.54) is 36.6 Å². The number of halogens is 1. The lowest BCUT2D eigenvalue weighted by atomic mass is 10.1. The lowest BCUT2D eigenvalue weighted by Gasteiger charge is -2.26. The van der Waals surface area contributed by atoms with Crippen LogP contribution in [-0.2, 0) is 13.1 Å². The zero-order valence-electron chi connectivity index (χ0n) is 17.7. The molecule has 0 radical (unpaired) electrons. The molecule has 5 nitrogen and oxygen atoms in total. The highest BCUT2D eigenvalue weighted by Gasteiger charge is 2.23. The predicted octanol–water partition coefficient (Wildman–Crippen LogP) is 5.33. The minimum atomic E-state index is -0.275. The molecule has 0 N–H and O–H groups in total. The van der Waals surface area contributed by atoms with Gasteiger partial charge in [-0.05, 0) is 62.7 Å². The third-order valence-electron chi connectivity index (χ3n) is 5.57. The number of hydrogen-bond donors (Lipinski definition) is 0. The van der Waals surface area contributed by atoms with Crippen LogP contribution in [0.2, 0.25) is 5.02 Å². The van der Waals surface area contributed by atoms with Gasteiger partial charge in [0.1, 0.15) is 5.82 Å². The van der Waals surface area contributed by atoms with Gasteiger partial charge in [0.2, 0.25) is 0 Å². The van der Waals surface area contributed by atoms with Gasteiger partial charge in [0, 0.05) is 10.6 Å². The third-order valence-corrected chi connectivity index (χ3v) is 6.90. The number of benzene rings is 2. The summed E-state index contributed by atoms with van der Waals surface area (Å²) < 4.78 is 2.17. The van der Waals surface area contributed by atoms with Gasteiger partial charge in [0.15, 0.2) is 10.9 Å². The molecular formula is C24H27ClN4OS. The fraction of sp³-hybridized carbons (Fsp3) is 0.375. The molecule has 0 saturated carbocycles. The first-order chi connectivity index (χ1) is 15.1. The molecule has 1 unspecified atom stereocenters. The summed E-state index contributed by atoms with van der Waals surface area (Å²) in [6.07, 6.45) is 3.78. The minimum Gasteiger partial charge on any atom is -0.300 e. The lowest BCUT2D eigenvalue weighted by Crippen LogP contribution is -2.30. The van der Waals surface area contributed by atoms with E-state index in [4.69, 9.17) is 11.6 Å². The summed E-state index contributed by atoms with van der Waals surface area (Å²) in [7, 11) is 0. The van der Waals surface area contributed by atoms with Gasteiger partial charge in [-0.25, -0.2) is 0 Å². The monoisotopic (exact) mass is 454 g/mol. The molecule has 1 fully saturated rings. The van der Waals surface area contributed by atoms with Crippen molar-refractivity contribution in [2.45, 2.75) is 49.7 Å². The van der Waals surface area contributed by atoms with E-state index in [-0.39, 0.29) is 11.0 Å². The number of carbonyl (C=O) groups excluding carboxylic acids is 1. The summed E-state index contributed by atoms with van der Waals surface area (Å²) in [5, 5.41) is 10.1. The number of nitrogens with zero attached hydrogens (tertiary/aromatic N) is 4. The number of thioether (sulfide) groups is 1. The Hall–Kier alpha value is -2.15. The number of rotatable bonds is 8. The minimum absolute atomic E-state index is 0.0634. The molecule has 7 heteroatoms. The van der Waals surface area contributed by atoms with Gasteiger partial charge in [-0.1, -0.05) is 60.1 Å². The van der Waals surface area contributed by atoms with Gasteiger partial charge in [-0.2, -0.15) is 0 Å². The van der Waals surface area contributed by atoms with Crippen molar-refractivity contribution in [3.05, 3.63) is 76.6 Å². The van der Waals surface area contributed by atoms with Gasteiger partial charge in [-0.15, -0.1) is 10.2 Å². The van der Waals surface area contributed by atoms with Crippen LogP contribution in [-0.4, -0.2) is 43.8 Å². The van der Waals surface area contributed by atoms with E-state index in [1.807, 2.05) is 25.1 Å². The van der Waals surface area contributed by atoms with Crippen LogP contribution in [0.15, 0.2) is 59.8 Å². The number of ketones is 1. The quantitative estimate of drug-likeness (QED) is 0.340. The molecule has 3 aromatic rings. The van der Waals surface area contributed by atoms with Crippen molar-refractivity contribution in [1.82, 2.24) is 19.7 Å². The highest BCUT2D eigenvalue weighted by Crippen LogP contribution is 2.27. The molecule has 0 amide bonds. The second-order valence-corrected chi connectivity index (χ2v) is 9.68. The maximum Gasteiger partial charge on any atom is 0.192 e. The Morgan fingerprint density at radius 1 is 1.00 bits per heavy atom. The number of likely N-dealkylation sites (tertiary alicyclic amines) is 1. The number of piperidine rings is 1. The van der Waals surface area contributed by atoms with Crippen molar-refractivity contribution in [1.29, 1.82) is 0 Å². The second kappa shape index (κ2) is 10.4. The molecular weight excluding hydrogens is 428 g/mol. The van der Waals surface area contributed by atoms with Crippen molar-refractivity contribution >= 4 is 29.1 Å². The fourth-order valence-electron chi connectivity index (χ4n) is 3.83. The lowest BCUT2D eigenvalue weighted by molar-refractivity contribution is 0.0994. The van der Waals surface area contributed by atoms with Gasteiger partial charge in [0.25, 0.3) is 0 Å². The summed E-state index contributed by atoms with van der Waals surface area (Å²) in [5.74, 6) is 1.02. The molecule has 2 heterocycles. The summed E-state index contributed by atoms with van der Waals surface area (Å²) in [5.41, 5.74) is 1.85. The molecule has 2 aromatic carbocycles. The van der Waals surface area contributed by atoms with Crippen LogP contribution in [0.4, 0.5) is 0 Å². The predicted molar refractivity (Wildman–Crippen MR) is 126 cm³/mol. The zero-order chi connectivity index (χ0) is 21.6. The van der Waals surface area contributed by atoms with Crippen LogP contribution in [0.1, 0.15) is 47.9 Å². The number of aromatic nitrogens is 3. The first-order valence-corrected chi connectivity index (χ1v) is 12.0. The van der Waals surface area contributed by atoms with Crippen molar-refractivity contribution in [3.63, 3.8) is 0 Å². The van der Waals surface area contributed by atoms with Crippen molar-refractivity contribution in [3.8, 4) is 0 Å². The zero-order valence-corrected chi connectivity index (χ0v) is 19.3. The molecule has 0 aliphatic carbocycles. The summed E-state index contributed by atoms with van der Waals surface area (Å²) in [6, 6.07) is 17.4. The molecule has 1 aliphatic rings. The Morgan fingerprint density at radius 2 is 1.71 bits per heavy atom. The summed E-state index contributed by atoms with van der Waals surface area (Å²) >= 11 is 7.43. The van der Waals surface area contributed by atoms with Crippen LogP contribution >= 0.6 is 23.4 Å². The highest BCUT2D eigenvalue weighted by atomic mass is 35.5. The molecule has 0 spiro atoms. The van der Waals surface area contributed by atoms with Gasteiger partial charge in [-0.3, -0.25) is 9.69 Å². The Morgan fingerprint density at radius 3 is 2.42 bits per heavy atom. The average molecular weight is 455 g/mol. The van der Waals surface area contributed by atoms with Crippen LogP contribution in [0.5, 0.6) is 0 Å². The van der Waals surface area contributed by atoms with Gasteiger partial charge >= 0.3 is 0 Å². The molecule has 4 rings (SSSR count). The molecule has 1 aromatic heterocycles. The normalized spacial score (nSPS) is 15.7. The average Bonchev–Trinajstić information content (AvgIpc) is 3.16. The van der Waals surface area contributed by atoms with E-state index < -0.39 is 0 Å². The maximum absolute atomic E-state index is 12.9. The third kappa shape index (κ3) is 5.76. The molecule has 162 valence electrons. The second-order valence-electron chi connectivity index (χ2n) is 7.94. The number of carbonyl (C=O) groups is 1. The smallest absolute Gasteiger partial charge is 0.192 e. The molecule has 0 bridgehead atoms. The van der Waals surface area contributed by atoms with E-state index >= 15 is 0 Å². The molecule has 1 aliphatic heterocycles. The van der Waals surface area contributed by atoms with E-state index in [9.17, 15) is 4.79 Å². The Labute approximate surface area is 192 Å². The number of Topliss-reactive ketones (excluding diaryl/α,β-unsaturated/α-hetero) is 1. The van der Waals surface area contributed by atoms with Crippen molar-refractivity contribution in [2.75, 3.05) is 13.1 Å².